The molecule has 1 amide bonds. The predicted molar refractivity (Wildman–Crippen MR) is 134 cm³/mol. The van der Waals surface area contributed by atoms with E-state index in [1.165, 1.54) is 53.7 Å². The molecule has 1 unspecified atom stereocenters. The fraction of sp³-hybridized carbons (Fsp3) is 0.321. The molecule has 1 aliphatic rings. The fourth-order valence-electron chi connectivity index (χ4n) is 4.78. The van der Waals surface area contributed by atoms with Crippen molar-refractivity contribution in [1.29, 1.82) is 0 Å². The van der Waals surface area contributed by atoms with E-state index in [2.05, 4.69) is 0 Å². The molecule has 3 aromatic carbocycles. The van der Waals surface area contributed by atoms with Crippen molar-refractivity contribution in [1.82, 2.24) is 4.90 Å². The Labute approximate surface area is 218 Å². The van der Waals surface area contributed by atoms with Gasteiger partial charge in [-0.05, 0) is 59.5 Å². The Morgan fingerprint density at radius 3 is 1.97 bits per heavy atom. The van der Waals surface area contributed by atoms with Crippen LogP contribution in [0.15, 0.2) is 48.5 Å². The van der Waals surface area contributed by atoms with Crippen molar-refractivity contribution in [3.05, 3.63) is 76.3 Å². The maximum absolute atomic E-state index is 14.0. The number of rotatable bonds is 7. The molecular weight excluding hydrogens is 503 g/mol. The van der Waals surface area contributed by atoms with E-state index in [1.807, 2.05) is 0 Å². The molecule has 0 aromatic heterocycles. The van der Waals surface area contributed by atoms with E-state index in [4.69, 9.17) is 23.7 Å². The molecule has 0 N–H and O–H groups in total. The second kappa shape index (κ2) is 10.7. The van der Waals surface area contributed by atoms with Crippen LogP contribution in [0.4, 0.5) is 13.2 Å². The van der Waals surface area contributed by atoms with Crippen LogP contribution in [0.3, 0.4) is 0 Å². The summed E-state index contributed by atoms with van der Waals surface area (Å²) >= 11 is 0. The SMILES string of the molecule is COc1cc2c(cc1OC)C(c1cccc(C(F)(F)F)c1)N(C(=O)c1cc(OC)c(OC)c(OC)c1)CC2. The molecule has 3 aromatic rings. The molecule has 4 rings (SSSR count). The van der Waals surface area contributed by atoms with Crippen LogP contribution < -0.4 is 23.7 Å². The smallest absolute Gasteiger partial charge is 0.416 e. The zero-order valence-corrected chi connectivity index (χ0v) is 21.6. The number of hydrogen-bond acceptors (Lipinski definition) is 6. The van der Waals surface area contributed by atoms with Gasteiger partial charge in [0, 0.05) is 12.1 Å². The maximum atomic E-state index is 14.0. The molecule has 0 fully saturated rings. The first kappa shape index (κ1) is 27.0. The summed E-state index contributed by atoms with van der Waals surface area (Å²) in [5, 5.41) is 0. The van der Waals surface area contributed by atoms with Crippen molar-refractivity contribution in [2.45, 2.75) is 18.6 Å². The molecule has 1 aliphatic heterocycles. The highest BCUT2D eigenvalue weighted by atomic mass is 19.4. The van der Waals surface area contributed by atoms with Crippen molar-refractivity contribution in [2.75, 3.05) is 42.1 Å². The summed E-state index contributed by atoms with van der Waals surface area (Å²) in [4.78, 5) is 15.5. The third kappa shape index (κ3) is 4.90. The monoisotopic (exact) mass is 531 g/mol. The molecule has 0 spiro atoms. The van der Waals surface area contributed by atoms with Crippen LogP contribution in [-0.4, -0.2) is 52.9 Å². The highest BCUT2D eigenvalue weighted by Crippen LogP contribution is 2.44. The van der Waals surface area contributed by atoms with Gasteiger partial charge in [-0.2, -0.15) is 13.2 Å². The standard InChI is InChI=1S/C28H28F3NO6/c1-34-21-12-16-9-10-32(27(33)18-13-23(36-3)26(38-5)24(14-18)37-4)25(20(16)15-22(21)35-2)17-7-6-8-19(11-17)28(29,30)31/h6-8,11-15,25H,9-10H2,1-5H3. The van der Waals surface area contributed by atoms with Gasteiger partial charge < -0.3 is 28.6 Å². The van der Waals surface area contributed by atoms with Gasteiger partial charge in [-0.1, -0.05) is 12.1 Å². The number of carbonyl (C=O) groups excluding carboxylic acids is 1. The Hall–Kier alpha value is -4.08. The molecule has 202 valence electrons. The number of amides is 1. The highest BCUT2D eigenvalue weighted by molar-refractivity contribution is 5.96. The van der Waals surface area contributed by atoms with E-state index in [-0.39, 0.29) is 23.6 Å². The van der Waals surface area contributed by atoms with Crippen molar-refractivity contribution < 1.29 is 41.7 Å². The van der Waals surface area contributed by atoms with E-state index in [1.54, 1.807) is 23.1 Å². The number of fused-ring (bicyclic) bond motifs is 1. The Morgan fingerprint density at radius 2 is 1.42 bits per heavy atom. The topological polar surface area (TPSA) is 66.5 Å². The van der Waals surface area contributed by atoms with Crippen molar-refractivity contribution >= 4 is 5.91 Å². The predicted octanol–water partition coefficient (Wildman–Crippen LogP) is 5.54. The molecule has 38 heavy (non-hydrogen) atoms. The minimum atomic E-state index is -4.54. The molecular formula is C28H28F3NO6. The van der Waals surface area contributed by atoms with Gasteiger partial charge >= 0.3 is 6.18 Å². The third-order valence-electron chi connectivity index (χ3n) is 6.58. The first-order valence-electron chi connectivity index (χ1n) is 11.7. The largest absolute Gasteiger partial charge is 0.493 e. The second-order valence-corrected chi connectivity index (χ2v) is 8.59. The summed E-state index contributed by atoms with van der Waals surface area (Å²) in [6.45, 7) is 0.249. The summed E-state index contributed by atoms with van der Waals surface area (Å²) < 4.78 is 68.0. The lowest BCUT2D eigenvalue weighted by Gasteiger charge is -2.38. The summed E-state index contributed by atoms with van der Waals surface area (Å²) in [6.07, 6.45) is -4.09. The molecule has 0 aliphatic carbocycles. The van der Waals surface area contributed by atoms with Crippen molar-refractivity contribution in [3.63, 3.8) is 0 Å². The average molecular weight is 532 g/mol. The Kier molecular flexibility index (Phi) is 7.61. The summed E-state index contributed by atoms with van der Waals surface area (Å²) in [5.41, 5.74) is 1.24. The number of nitrogens with zero attached hydrogens (tertiary/aromatic N) is 1. The van der Waals surface area contributed by atoms with Gasteiger partial charge in [-0.25, -0.2) is 0 Å². The third-order valence-corrected chi connectivity index (χ3v) is 6.58. The minimum absolute atomic E-state index is 0.236. The number of hydrogen-bond donors (Lipinski definition) is 0. The van der Waals surface area contributed by atoms with E-state index in [0.29, 0.717) is 34.8 Å². The number of methoxy groups -OCH3 is 5. The normalized spacial score (nSPS) is 14.9. The Morgan fingerprint density at radius 1 is 0.816 bits per heavy atom. The van der Waals surface area contributed by atoms with Crippen LogP contribution in [-0.2, 0) is 12.6 Å². The van der Waals surface area contributed by atoms with Gasteiger partial charge in [0.2, 0.25) is 5.75 Å². The summed E-state index contributed by atoms with van der Waals surface area (Å²) in [6, 6.07) is 10.8. The molecule has 1 heterocycles. The van der Waals surface area contributed by atoms with Gasteiger partial charge in [0.1, 0.15) is 0 Å². The Bertz CT molecular complexity index is 1320. The number of ether oxygens (including phenoxy) is 5. The zero-order chi connectivity index (χ0) is 27.6. The molecule has 0 saturated carbocycles. The number of halogens is 3. The number of benzene rings is 3. The van der Waals surface area contributed by atoms with Gasteiger partial charge in [-0.3, -0.25) is 4.79 Å². The van der Waals surface area contributed by atoms with Gasteiger partial charge in [0.25, 0.3) is 5.91 Å². The molecule has 7 nitrogen and oxygen atoms in total. The summed E-state index contributed by atoms with van der Waals surface area (Å²) in [5.74, 6) is 1.39. The first-order chi connectivity index (χ1) is 18.2. The van der Waals surface area contributed by atoms with E-state index < -0.39 is 23.7 Å². The highest BCUT2D eigenvalue weighted by Gasteiger charge is 2.37. The summed E-state index contributed by atoms with van der Waals surface area (Å²) in [7, 11) is 7.32. The van der Waals surface area contributed by atoms with Crippen LogP contribution in [0, 0.1) is 0 Å². The second-order valence-electron chi connectivity index (χ2n) is 8.59. The van der Waals surface area contributed by atoms with E-state index >= 15 is 0 Å². The van der Waals surface area contributed by atoms with Gasteiger partial charge in [-0.15, -0.1) is 0 Å². The van der Waals surface area contributed by atoms with Gasteiger partial charge in [0.05, 0.1) is 47.2 Å². The van der Waals surface area contributed by atoms with Gasteiger partial charge in [0.15, 0.2) is 23.0 Å². The fourth-order valence-corrected chi connectivity index (χ4v) is 4.78. The zero-order valence-electron chi connectivity index (χ0n) is 21.6. The lowest BCUT2D eigenvalue weighted by Crippen LogP contribution is -2.40. The number of alkyl halides is 3. The average Bonchev–Trinajstić information content (AvgIpc) is 2.93. The van der Waals surface area contributed by atoms with E-state index in [9.17, 15) is 18.0 Å². The van der Waals surface area contributed by atoms with E-state index in [0.717, 1.165) is 17.7 Å². The van der Waals surface area contributed by atoms with Crippen molar-refractivity contribution in [3.8, 4) is 28.7 Å². The molecule has 1 atom stereocenters. The minimum Gasteiger partial charge on any atom is -0.493 e. The number of carbonyl (C=O) groups is 1. The lowest BCUT2D eigenvalue weighted by molar-refractivity contribution is -0.137. The lowest BCUT2D eigenvalue weighted by atomic mass is 9.86. The van der Waals surface area contributed by atoms with Crippen LogP contribution in [0.25, 0.3) is 0 Å². The van der Waals surface area contributed by atoms with Crippen LogP contribution in [0.5, 0.6) is 28.7 Å². The quantitative estimate of drug-likeness (QED) is 0.399. The van der Waals surface area contributed by atoms with Crippen molar-refractivity contribution in [2.24, 2.45) is 0 Å². The maximum Gasteiger partial charge on any atom is 0.416 e. The van der Waals surface area contributed by atoms with Crippen LogP contribution in [0.2, 0.25) is 0 Å². The first-order valence-corrected chi connectivity index (χ1v) is 11.7. The van der Waals surface area contributed by atoms with Crippen LogP contribution >= 0.6 is 0 Å². The molecule has 0 saturated heterocycles. The Balaban J connectivity index is 1.90. The molecule has 0 radical (unpaired) electrons. The molecule has 10 heteroatoms. The van der Waals surface area contributed by atoms with Crippen LogP contribution in [0.1, 0.15) is 38.7 Å². The molecule has 0 bridgehead atoms.